The Bertz CT molecular complexity index is 1170. The zero-order valence-electron chi connectivity index (χ0n) is 16.3. The van der Waals surface area contributed by atoms with Gasteiger partial charge in [0.05, 0.1) is 28.9 Å². The summed E-state index contributed by atoms with van der Waals surface area (Å²) in [5.41, 5.74) is -2.37. The standard InChI is InChI=1S/C21H15F4N3O4/c22-12-4-2-1-3-11(12)21(24,25)9-26-17-13(23)6-5-10-16(17)20(32)28(19(10)31)14-7-8-15(29)27-18(14)30/h1-6,14,26H,7-9H2,(H,27,29,30). The van der Waals surface area contributed by atoms with Crippen molar-refractivity contribution in [3.8, 4) is 0 Å². The first kappa shape index (κ1) is 21.5. The van der Waals surface area contributed by atoms with Gasteiger partial charge in [0.25, 0.3) is 17.7 Å². The van der Waals surface area contributed by atoms with E-state index in [9.17, 15) is 36.7 Å². The second-order valence-corrected chi connectivity index (χ2v) is 7.33. The van der Waals surface area contributed by atoms with E-state index in [4.69, 9.17) is 0 Å². The number of halogens is 4. The van der Waals surface area contributed by atoms with E-state index >= 15 is 0 Å². The van der Waals surface area contributed by atoms with Gasteiger partial charge in [-0.1, -0.05) is 18.2 Å². The molecule has 2 aliphatic rings. The van der Waals surface area contributed by atoms with Crippen LogP contribution in [0.15, 0.2) is 36.4 Å². The van der Waals surface area contributed by atoms with Crippen molar-refractivity contribution < 1.29 is 36.7 Å². The molecule has 0 bridgehead atoms. The van der Waals surface area contributed by atoms with E-state index in [0.29, 0.717) is 4.90 Å². The third kappa shape index (κ3) is 3.49. The van der Waals surface area contributed by atoms with Crippen molar-refractivity contribution in [3.63, 3.8) is 0 Å². The Hall–Kier alpha value is -3.76. The summed E-state index contributed by atoms with van der Waals surface area (Å²) in [5, 5.41) is 4.15. The molecule has 2 aliphatic heterocycles. The van der Waals surface area contributed by atoms with E-state index in [1.54, 1.807) is 0 Å². The highest BCUT2D eigenvalue weighted by Gasteiger charge is 2.46. The molecule has 4 rings (SSSR count). The molecule has 7 nitrogen and oxygen atoms in total. The molecule has 2 aromatic carbocycles. The molecule has 2 aromatic rings. The Balaban J connectivity index is 1.65. The summed E-state index contributed by atoms with van der Waals surface area (Å²) >= 11 is 0. The summed E-state index contributed by atoms with van der Waals surface area (Å²) in [4.78, 5) is 49.8. The Labute approximate surface area is 178 Å². The number of carbonyl (C=O) groups is 4. The number of rotatable bonds is 5. The van der Waals surface area contributed by atoms with Crippen LogP contribution < -0.4 is 10.6 Å². The van der Waals surface area contributed by atoms with Crippen molar-refractivity contribution in [2.75, 3.05) is 11.9 Å². The number of amides is 4. The minimum atomic E-state index is -3.77. The largest absolute Gasteiger partial charge is 0.376 e. The second kappa shape index (κ2) is 7.74. The molecule has 166 valence electrons. The van der Waals surface area contributed by atoms with Crippen LogP contribution in [-0.2, 0) is 15.5 Å². The van der Waals surface area contributed by atoms with Crippen LogP contribution in [0.2, 0.25) is 0 Å². The highest BCUT2D eigenvalue weighted by atomic mass is 19.3. The normalized spacial score (nSPS) is 18.6. The predicted molar refractivity (Wildman–Crippen MR) is 102 cm³/mol. The van der Waals surface area contributed by atoms with Gasteiger partial charge < -0.3 is 5.32 Å². The number of anilines is 1. The monoisotopic (exact) mass is 449 g/mol. The van der Waals surface area contributed by atoms with Crippen molar-refractivity contribution in [2.45, 2.75) is 24.8 Å². The van der Waals surface area contributed by atoms with Crippen LogP contribution in [0.5, 0.6) is 0 Å². The Morgan fingerprint density at radius 1 is 1.00 bits per heavy atom. The quantitative estimate of drug-likeness (QED) is 0.541. The molecule has 0 radical (unpaired) electrons. The molecule has 1 unspecified atom stereocenters. The van der Waals surface area contributed by atoms with Gasteiger partial charge in [-0.25, -0.2) is 8.78 Å². The maximum atomic E-state index is 14.5. The van der Waals surface area contributed by atoms with Gasteiger partial charge in [-0.05, 0) is 24.6 Å². The summed E-state index contributed by atoms with van der Waals surface area (Å²) in [5.74, 6) is -9.41. The lowest BCUT2D eigenvalue weighted by atomic mass is 10.0. The van der Waals surface area contributed by atoms with E-state index < -0.39 is 70.6 Å². The average molecular weight is 449 g/mol. The Morgan fingerprint density at radius 3 is 2.41 bits per heavy atom. The molecule has 4 amide bonds. The van der Waals surface area contributed by atoms with Crippen molar-refractivity contribution in [1.29, 1.82) is 0 Å². The van der Waals surface area contributed by atoms with Gasteiger partial charge in [-0.3, -0.25) is 29.4 Å². The molecule has 0 spiro atoms. The van der Waals surface area contributed by atoms with Crippen LogP contribution in [-0.4, -0.2) is 41.1 Å². The van der Waals surface area contributed by atoms with Crippen LogP contribution >= 0.6 is 0 Å². The van der Waals surface area contributed by atoms with E-state index in [-0.39, 0.29) is 18.4 Å². The molecular weight excluding hydrogens is 434 g/mol. The van der Waals surface area contributed by atoms with Gasteiger partial charge in [0.1, 0.15) is 17.7 Å². The minimum Gasteiger partial charge on any atom is -0.376 e. The van der Waals surface area contributed by atoms with Crippen molar-refractivity contribution in [2.24, 2.45) is 0 Å². The number of hydrogen-bond acceptors (Lipinski definition) is 5. The number of alkyl halides is 2. The number of fused-ring (bicyclic) bond motifs is 1. The van der Waals surface area contributed by atoms with Crippen LogP contribution in [0, 0.1) is 11.6 Å². The summed E-state index contributed by atoms with van der Waals surface area (Å²) in [7, 11) is 0. The van der Waals surface area contributed by atoms with Gasteiger partial charge in [0.2, 0.25) is 11.8 Å². The first-order chi connectivity index (χ1) is 15.1. The lowest BCUT2D eigenvalue weighted by Crippen LogP contribution is -2.54. The lowest BCUT2D eigenvalue weighted by Gasteiger charge is -2.27. The van der Waals surface area contributed by atoms with Gasteiger partial charge >= 0.3 is 0 Å². The van der Waals surface area contributed by atoms with E-state index in [0.717, 1.165) is 24.3 Å². The third-order valence-corrected chi connectivity index (χ3v) is 5.31. The van der Waals surface area contributed by atoms with Crippen LogP contribution in [0.4, 0.5) is 23.2 Å². The summed E-state index contributed by atoms with van der Waals surface area (Å²) < 4.78 is 57.4. The third-order valence-electron chi connectivity index (χ3n) is 5.31. The Kier molecular flexibility index (Phi) is 5.19. The number of benzene rings is 2. The number of nitrogens with one attached hydrogen (secondary N) is 2. The molecule has 0 aliphatic carbocycles. The van der Waals surface area contributed by atoms with Crippen LogP contribution in [0.25, 0.3) is 0 Å². The maximum Gasteiger partial charge on any atom is 0.292 e. The maximum absolute atomic E-state index is 14.5. The molecular formula is C21H15F4N3O4. The molecule has 1 fully saturated rings. The highest BCUT2D eigenvalue weighted by Crippen LogP contribution is 2.36. The fraction of sp³-hybridized carbons (Fsp3) is 0.238. The molecule has 0 saturated carbocycles. The molecule has 32 heavy (non-hydrogen) atoms. The minimum absolute atomic E-state index is 0.113. The number of carbonyl (C=O) groups excluding carboxylic acids is 4. The van der Waals surface area contributed by atoms with Crippen molar-refractivity contribution in [3.05, 3.63) is 64.7 Å². The van der Waals surface area contributed by atoms with Crippen LogP contribution in [0.1, 0.15) is 39.1 Å². The van der Waals surface area contributed by atoms with E-state index in [2.05, 4.69) is 5.32 Å². The molecule has 2 heterocycles. The molecule has 11 heteroatoms. The van der Waals surface area contributed by atoms with Crippen LogP contribution in [0.3, 0.4) is 0 Å². The summed E-state index contributed by atoms with van der Waals surface area (Å²) in [6, 6.07) is 4.72. The van der Waals surface area contributed by atoms with Gasteiger partial charge in [-0.2, -0.15) is 8.78 Å². The smallest absolute Gasteiger partial charge is 0.292 e. The zero-order valence-corrected chi connectivity index (χ0v) is 16.3. The summed E-state index contributed by atoms with van der Waals surface area (Å²) in [6.45, 7) is -1.26. The zero-order chi connectivity index (χ0) is 23.2. The van der Waals surface area contributed by atoms with E-state index in [1.165, 1.54) is 12.1 Å². The number of nitrogens with zero attached hydrogens (tertiary/aromatic N) is 1. The molecule has 1 saturated heterocycles. The second-order valence-electron chi connectivity index (χ2n) is 7.33. The van der Waals surface area contributed by atoms with Gasteiger partial charge in [-0.15, -0.1) is 0 Å². The SMILES string of the molecule is O=C1CCC(N2C(=O)c3ccc(F)c(NCC(F)(F)c4ccccc4F)c3C2=O)C(=O)N1. The predicted octanol–water partition coefficient (Wildman–Crippen LogP) is 2.57. The fourth-order valence-corrected chi connectivity index (χ4v) is 3.76. The first-order valence-electron chi connectivity index (χ1n) is 9.52. The molecule has 2 N–H and O–H groups in total. The topological polar surface area (TPSA) is 95.6 Å². The van der Waals surface area contributed by atoms with Crippen molar-refractivity contribution in [1.82, 2.24) is 10.2 Å². The van der Waals surface area contributed by atoms with Gasteiger partial charge in [0.15, 0.2) is 0 Å². The molecule has 1 atom stereocenters. The van der Waals surface area contributed by atoms with E-state index in [1.807, 2.05) is 5.32 Å². The summed E-state index contributed by atoms with van der Waals surface area (Å²) in [6.07, 6.45) is -0.231. The number of imide groups is 2. The number of piperidine rings is 1. The lowest BCUT2D eigenvalue weighted by molar-refractivity contribution is -0.136. The van der Waals surface area contributed by atoms with Crippen molar-refractivity contribution >= 4 is 29.3 Å². The molecule has 0 aromatic heterocycles. The fourth-order valence-electron chi connectivity index (χ4n) is 3.76. The number of hydrogen-bond donors (Lipinski definition) is 2. The average Bonchev–Trinajstić information content (AvgIpc) is 2.98. The van der Waals surface area contributed by atoms with Gasteiger partial charge in [0, 0.05) is 6.42 Å². The Morgan fingerprint density at radius 2 is 1.72 bits per heavy atom. The first-order valence-corrected chi connectivity index (χ1v) is 9.52. The highest BCUT2D eigenvalue weighted by molar-refractivity contribution is 6.25.